The summed E-state index contributed by atoms with van der Waals surface area (Å²) in [6, 6.07) is 0.308. The van der Waals surface area contributed by atoms with E-state index >= 15 is 0 Å². The molecule has 1 unspecified atom stereocenters. The molecule has 0 bridgehead atoms. The molecule has 1 heterocycles. The van der Waals surface area contributed by atoms with Crippen molar-refractivity contribution in [1.29, 1.82) is 0 Å². The standard InChI is InChI=1S/C7H12INO2/c1-2-3-9-6(4-8)5-11-7(9)10/h6H,2-5H2,1H3. The van der Waals surface area contributed by atoms with Gasteiger partial charge in [-0.3, -0.25) is 0 Å². The largest absolute Gasteiger partial charge is 0.447 e. The summed E-state index contributed by atoms with van der Waals surface area (Å²) in [5, 5.41) is 0. The second-order valence-corrected chi connectivity index (χ2v) is 3.46. The molecule has 64 valence electrons. The van der Waals surface area contributed by atoms with Gasteiger partial charge in [-0.2, -0.15) is 0 Å². The van der Waals surface area contributed by atoms with Gasteiger partial charge in [0, 0.05) is 11.0 Å². The molecule has 0 aliphatic carbocycles. The van der Waals surface area contributed by atoms with E-state index < -0.39 is 0 Å². The highest BCUT2D eigenvalue weighted by Crippen LogP contribution is 2.14. The SMILES string of the molecule is CCCN1C(=O)OCC1CI. The lowest BCUT2D eigenvalue weighted by atomic mass is 10.3. The molecule has 0 spiro atoms. The van der Waals surface area contributed by atoms with Crippen LogP contribution >= 0.6 is 22.6 Å². The summed E-state index contributed by atoms with van der Waals surface area (Å²) in [5.74, 6) is 0. The number of carbonyl (C=O) groups is 1. The van der Waals surface area contributed by atoms with Crippen LogP contribution in [0.5, 0.6) is 0 Å². The van der Waals surface area contributed by atoms with Crippen LogP contribution in [0.1, 0.15) is 13.3 Å². The van der Waals surface area contributed by atoms with E-state index in [2.05, 4.69) is 29.5 Å². The monoisotopic (exact) mass is 269 g/mol. The Morgan fingerprint density at radius 3 is 3.09 bits per heavy atom. The highest BCUT2D eigenvalue weighted by atomic mass is 127. The molecule has 0 aromatic heterocycles. The first kappa shape index (κ1) is 9.09. The minimum absolute atomic E-state index is 0.145. The van der Waals surface area contributed by atoms with Crippen molar-refractivity contribution < 1.29 is 9.53 Å². The zero-order valence-electron chi connectivity index (χ0n) is 6.55. The zero-order valence-corrected chi connectivity index (χ0v) is 8.70. The molecule has 0 saturated carbocycles. The van der Waals surface area contributed by atoms with Crippen LogP contribution in [0.4, 0.5) is 4.79 Å². The third kappa shape index (κ3) is 1.98. The number of hydrogen-bond donors (Lipinski definition) is 0. The van der Waals surface area contributed by atoms with Crippen molar-refractivity contribution in [2.75, 3.05) is 17.6 Å². The highest BCUT2D eigenvalue weighted by molar-refractivity contribution is 14.1. The van der Waals surface area contributed by atoms with E-state index in [-0.39, 0.29) is 6.09 Å². The van der Waals surface area contributed by atoms with Crippen molar-refractivity contribution in [2.24, 2.45) is 0 Å². The second-order valence-electron chi connectivity index (χ2n) is 2.58. The van der Waals surface area contributed by atoms with Gasteiger partial charge >= 0.3 is 6.09 Å². The van der Waals surface area contributed by atoms with Crippen LogP contribution in [0.15, 0.2) is 0 Å². The number of alkyl halides is 1. The number of ether oxygens (including phenoxy) is 1. The van der Waals surface area contributed by atoms with E-state index in [0.29, 0.717) is 12.6 Å². The van der Waals surface area contributed by atoms with E-state index in [0.717, 1.165) is 17.4 Å². The molecule has 1 aliphatic rings. The van der Waals surface area contributed by atoms with Crippen LogP contribution in [-0.2, 0) is 4.74 Å². The quantitative estimate of drug-likeness (QED) is 0.576. The zero-order chi connectivity index (χ0) is 8.27. The number of rotatable bonds is 3. The summed E-state index contributed by atoms with van der Waals surface area (Å²) in [5.41, 5.74) is 0. The van der Waals surface area contributed by atoms with Gasteiger partial charge in [-0.05, 0) is 6.42 Å². The Balaban J connectivity index is 2.49. The smallest absolute Gasteiger partial charge is 0.410 e. The fourth-order valence-electron chi connectivity index (χ4n) is 1.13. The van der Waals surface area contributed by atoms with E-state index in [1.54, 1.807) is 0 Å². The molecule has 0 aromatic carbocycles. The van der Waals surface area contributed by atoms with Crippen molar-refractivity contribution in [3.63, 3.8) is 0 Å². The fourth-order valence-corrected chi connectivity index (χ4v) is 1.86. The van der Waals surface area contributed by atoms with Gasteiger partial charge in [-0.25, -0.2) is 4.79 Å². The first-order chi connectivity index (χ1) is 5.29. The molecule has 1 aliphatic heterocycles. The average Bonchev–Trinajstić information content (AvgIpc) is 2.34. The van der Waals surface area contributed by atoms with Crippen molar-refractivity contribution in [3.05, 3.63) is 0 Å². The Labute approximate surface area is 80.2 Å². The molecule has 0 N–H and O–H groups in total. The summed E-state index contributed by atoms with van der Waals surface area (Å²) in [4.78, 5) is 12.8. The van der Waals surface area contributed by atoms with E-state index in [1.807, 2.05) is 4.90 Å². The molecule has 1 saturated heterocycles. The van der Waals surface area contributed by atoms with Gasteiger partial charge in [0.15, 0.2) is 0 Å². The fraction of sp³-hybridized carbons (Fsp3) is 0.857. The van der Waals surface area contributed by atoms with Crippen LogP contribution in [-0.4, -0.2) is 34.6 Å². The third-order valence-corrected chi connectivity index (χ3v) is 2.73. The number of cyclic esters (lactones) is 1. The summed E-state index contributed by atoms with van der Waals surface area (Å²) in [6.07, 6.45) is 0.857. The van der Waals surface area contributed by atoms with Gasteiger partial charge in [0.05, 0.1) is 6.04 Å². The highest BCUT2D eigenvalue weighted by Gasteiger charge is 2.30. The Morgan fingerprint density at radius 2 is 2.55 bits per heavy atom. The molecule has 0 aromatic rings. The summed E-state index contributed by atoms with van der Waals surface area (Å²) in [7, 11) is 0. The van der Waals surface area contributed by atoms with Crippen molar-refractivity contribution in [3.8, 4) is 0 Å². The number of halogens is 1. The molecule has 1 amide bonds. The van der Waals surface area contributed by atoms with Gasteiger partial charge in [0.1, 0.15) is 6.61 Å². The molecule has 1 fully saturated rings. The molecule has 1 atom stereocenters. The van der Waals surface area contributed by atoms with Crippen molar-refractivity contribution in [2.45, 2.75) is 19.4 Å². The third-order valence-electron chi connectivity index (χ3n) is 1.72. The van der Waals surface area contributed by atoms with Gasteiger partial charge in [0.2, 0.25) is 0 Å². The number of carbonyl (C=O) groups excluding carboxylic acids is 1. The number of amides is 1. The maximum absolute atomic E-state index is 11.0. The molecular formula is C7H12INO2. The van der Waals surface area contributed by atoms with Gasteiger partial charge in [-0.15, -0.1) is 0 Å². The molecule has 3 nitrogen and oxygen atoms in total. The second kappa shape index (κ2) is 4.13. The van der Waals surface area contributed by atoms with Crippen LogP contribution < -0.4 is 0 Å². The van der Waals surface area contributed by atoms with Crippen LogP contribution in [0.3, 0.4) is 0 Å². The first-order valence-electron chi connectivity index (χ1n) is 3.79. The number of hydrogen-bond acceptors (Lipinski definition) is 2. The topological polar surface area (TPSA) is 29.5 Å². The minimum atomic E-state index is -0.145. The minimum Gasteiger partial charge on any atom is -0.447 e. The van der Waals surface area contributed by atoms with Crippen molar-refractivity contribution in [1.82, 2.24) is 4.90 Å². The predicted octanol–water partition coefficient (Wildman–Crippen LogP) is 1.65. The predicted molar refractivity (Wildman–Crippen MR) is 51.0 cm³/mol. The molecule has 4 heteroatoms. The Bertz CT molecular complexity index is 151. The van der Waals surface area contributed by atoms with Gasteiger partial charge in [0.25, 0.3) is 0 Å². The Hall–Kier alpha value is 0. The lowest BCUT2D eigenvalue weighted by molar-refractivity contribution is 0.158. The average molecular weight is 269 g/mol. The Kier molecular flexibility index (Phi) is 3.42. The van der Waals surface area contributed by atoms with Crippen LogP contribution in [0, 0.1) is 0 Å². The summed E-state index contributed by atoms with van der Waals surface area (Å²) < 4.78 is 5.87. The molecule has 1 rings (SSSR count). The van der Waals surface area contributed by atoms with Crippen molar-refractivity contribution >= 4 is 28.7 Å². The van der Waals surface area contributed by atoms with Gasteiger partial charge in [-0.1, -0.05) is 29.5 Å². The molecular weight excluding hydrogens is 257 g/mol. The van der Waals surface area contributed by atoms with Gasteiger partial charge < -0.3 is 9.64 Å². The first-order valence-corrected chi connectivity index (χ1v) is 5.31. The molecule has 0 radical (unpaired) electrons. The maximum Gasteiger partial charge on any atom is 0.410 e. The van der Waals surface area contributed by atoms with E-state index in [1.165, 1.54) is 0 Å². The van der Waals surface area contributed by atoms with E-state index in [9.17, 15) is 4.79 Å². The van der Waals surface area contributed by atoms with Crippen LogP contribution in [0.25, 0.3) is 0 Å². The maximum atomic E-state index is 11.0. The lowest BCUT2D eigenvalue weighted by Crippen LogP contribution is -2.35. The molecule has 11 heavy (non-hydrogen) atoms. The Morgan fingerprint density at radius 1 is 1.82 bits per heavy atom. The normalized spacial score (nSPS) is 24.0. The number of nitrogens with zero attached hydrogens (tertiary/aromatic N) is 1. The van der Waals surface area contributed by atoms with Crippen LogP contribution in [0.2, 0.25) is 0 Å². The summed E-state index contributed by atoms with van der Waals surface area (Å²) in [6.45, 7) is 3.46. The van der Waals surface area contributed by atoms with E-state index in [4.69, 9.17) is 4.74 Å². The lowest BCUT2D eigenvalue weighted by Gasteiger charge is -2.17. The summed E-state index contributed by atoms with van der Waals surface area (Å²) >= 11 is 2.28.